The van der Waals surface area contributed by atoms with Crippen molar-refractivity contribution in [3.05, 3.63) is 71.0 Å². The Hall–Kier alpha value is -3.74. The van der Waals surface area contributed by atoms with Gasteiger partial charge in [0.1, 0.15) is 17.1 Å². The zero-order chi connectivity index (χ0) is 22.2. The number of aryl methyl sites for hydroxylation is 2. The number of aromatic nitrogens is 2. The normalized spacial score (nSPS) is 14.4. The lowest BCUT2D eigenvalue weighted by molar-refractivity contribution is 0.0620. The molecule has 3 aromatic rings. The highest BCUT2D eigenvalue weighted by Gasteiger charge is 2.32. The predicted octanol–water partition coefficient (Wildman–Crippen LogP) is 4.88. The van der Waals surface area contributed by atoms with E-state index in [9.17, 15) is 9.59 Å². The second-order valence-electron chi connectivity index (χ2n) is 8.19. The van der Waals surface area contributed by atoms with Gasteiger partial charge in [0.25, 0.3) is 5.91 Å². The van der Waals surface area contributed by atoms with E-state index in [1.54, 1.807) is 42.5 Å². The first kappa shape index (κ1) is 20.5. The zero-order valence-corrected chi connectivity index (χ0v) is 17.9. The minimum Gasteiger partial charge on any atom is -0.487 e. The first-order valence-electron chi connectivity index (χ1n) is 9.96. The first-order chi connectivity index (χ1) is 14.7. The summed E-state index contributed by atoms with van der Waals surface area (Å²) >= 11 is 0. The Balaban J connectivity index is 1.45. The summed E-state index contributed by atoms with van der Waals surface area (Å²) in [5, 5.41) is 2.83. The number of carbonyl (C=O) groups excluding carboxylic acids is 2. The van der Waals surface area contributed by atoms with E-state index in [0.29, 0.717) is 28.3 Å². The molecule has 0 radical (unpaired) electrons. The van der Waals surface area contributed by atoms with Crippen molar-refractivity contribution in [3.8, 4) is 17.5 Å². The zero-order valence-electron chi connectivity index (χ0n) is 17.9. The van der Waals surface area contributed by atoms with Gasteiger partial charge in [-0.15, -0.1) is 0 Å². The third kappa shape index (κ3) is 4.71. The lowest BCUT2D eigenvalue weighted by Gasteiger charge is -2.31. The first-order valence-corrected chi connectivity index (χ1v) is 9.96. The summed E-state index contributed by atoms with van der Waals surface area (Å²) in [5.41, 5.74) is 2.52. The Labute approximate surface area is 180 Å². The highest BCUT2D eigenvalue weighted by molar-refractivity contribution is 6.07. The second-order valence-corrected chi connectivity index (χ2v) is 8.19. The maximum Gasteiger partial charge on any atom is 0.322 e. The van der Waals surface area contributed by atoms with Crippen molar-refractivity contribution < 1.29 is 19.1 Å². The number of Topliss-reactive ketones (excluding diaryl/α,β-unsaturated/α-hetero) is 1. The van der Waals surface area contributed by atoms with Gasteiger partial charge in [-0.2, -0.15) is 0 Å². The van der Waals surface area contributed by atoms with Crippen LogP contribution in [0.15, 0.2) is 48.5 Å². The molecule has 2 heterocycles. The summed E-state index contributed by atoms with van der Waals surface area (Å²) < 4.78 is 11.5. The number of ketones is 1. The Kier molecular flexibility index (Phi) is 5.19. The number of ether oxygens (including phenoxy) is 2. The van der Waals surface area contributed by atoms with Gasteiger partial charge >= 0.3 is 6.01 Å². The van der Waals surface area contributed by atoms with Crippen LogP contribution in [0, 0.1) is 13.8 Å². The summed E-state index contributed by atoms with van der Waals surface area (Å²) in [5.74, 6) is 0.720. The lowest BCUT2D eigenvalue weighted by atomic mass is 9.92. The van der Waals surface area contributed by atoms with Gasteiger partial charge in [-0.3, -0.25) is 9.59 Å². The van der Waals surface area contributed by atoms with Crippen molar-refractivity contribution in [1.29, 1.82) is 0 Å². The van der Waals surface area contributed by atoms with Gasteiger partial charge < -0.3 is 14.8 Å². The van der Waals surface area contributed by atoms with Crippen LogP contribution in [0.25, 0.3) is 0 Å². The predicted molar refractivity (Wildman–Crippen MR) is 116 cm³/mol. The largest absolute Gasteiger partial charge is 0.487 e. The Morgan fingerprint density at radius 2 is 1.71 bits per heavy atom. The number of hydrogen-bond donors (Lipinski definition) is 1. The number of carbonyl (C=O) groups is 2. The highest BCUT2D eigenvalue weighted by Crippen LogP contribution is 2.33. The van der Waals surface area contributed by atoms with Crippen molar-refractivity contribution in [2.24, 2.45) is 0 Å². The molecule has 0 aliphatic carbocycles. The molecule has 0 spiro atoms. The Morgan fingerprint density at radius 1 is 1.03 bits per heavy atom. The molecule has 1 aliphatic rings. The van der Waals surface area contributed by atoms with Crippen LogP contribution in [0.4, 0.5) is 5.69 Å². The van der Waals surface area contributed by atoms with Crippen LogP contribution in [-0.2, 0) is 0 Å². The van der Waals surface area contributed by atoms with Crippen molar-refractivity contribution >= 4 is 17.4 Å². The Morgan fingerprint density at radius 3 is 2.39 bits per heavy atom. The number of fused-ring (bicyclic) bond motifs is 1. The fourth-order valence-electron chi connectivity index (χ4n) is 3.45. The highest BCUT2D eigenvalue weighted by atomic mass is 16.5. The van der Waals surface area contributed by atoms with Gasteiger partial charge in [0.2, 0.25) is 0 Å². The van der Waals surface area contributed by atoms with Crippen LogP contribution < -0.4 is 14.8 Å². The number of rotatable bonds is 4. The third-order valence-electron chi connectivity index (χ3n) is 4.80. The summed E-state index contributed by atoms with van der Waals surface area (Å²) in [7, 11) is 0. The summed E-state index contributed by atoms with van der Waals surface area (Å²) in [6.07, 6.45) is 0.275. The molecule has 1 N–H and O–H groups in total. The summed E-state index contributed by atoms with van der Waals surface area (Å²) in [6.45, 7) is 7.49. The van der Waals surface area contributed by atoms with Gasteiger partial charge in [0.05, 0.1) is 12.0 Å². The average molecular weight is 417 g/mol. The molecule has 0 saturated heterocycles. The molecule has 2 aromatic carbocycles. The molecule has 0 fully saturated rings. The van der Waals surface area contributed by atoms with E-state index in [2.05, 4.69) is 15.3 Å². The lowest BCUT2D eigenvalue weighted by Crippen LogP contribution is -2.36. The van der Waals surface area contributed by atoms with Gasteiger partial charge in [-0.1, -0.05) is 0 Å². The van der Waals surface area contributed by atoms with Crippen LogP contribution in [-0.4, -0.2) is 27.3 Å². The van der Waals surface area contributed by atoms with Crippen LogP contribution >= 0.6 is 0 Å². The van der Waals surface area contributed by atoms with Crippen molar-refractivity contribution in [3.63, 3.8) is 0 Å². The average Bonchev–Trinajstić information content (AvgIpc) is 2.67. The minimum absolute atomic E-state index is 0.0315. The van der Waals surface area contributed by atoms with Crippen LogP contribution in [0.2, 0.25) is 0 Å². The quantitative estimate of drug-likeness (QED) is 0.651. The number of anilines is 1. The number of benzene rings is 2. The van der Waals surface area contributed by atoms with E-state index in [0.717, 1.165) is 11.4 Å². The van der Waals surface area contributed by atoms with Gasteiger partial charge in [0, 0.05) is 22.6 Å². The standard InChI is InChI=1S/C24H23N3O4/c1-14-11-15(2)26-23(25-14)30-18-8-6-17(7-9-18)27-22(29)16-5-10-21-19(12-16)20(28)13-24(3,4)31-21/h5-12H,13H2,1-4H3,(H,27,29). The maximum atomic E-state index is 12.7. The molecule has 1 amide bonds. The van der Waals surface area contributed by atoms with Crippen LogP contribution in [0.5, 0.6) is 17.5 Å². The van der Waals surface area contributed by atoms with E-state index >= 15 is 0 Å². The number of amides is 1. The SMILES string of the molecule is Cc1cc(C)nc(Oc2ccc(NC(=O)c3ccc4c(c3)C(=O)CC(C)(C)O4)cc2)n1. The molecule has 7 nitrogen and oxygen atoms in total. The van der Waals surface area contributed by atoms with Gasteiger partial charge in [-0.25, -0.2) is 9.97 Å². The summed E-state index contributed by atoms with van der Waals surface area (Å²) in [4.78, 5) is 33.6. The van der Waals surface area contributed by atoms with Crippen molar-refractivity contribution in [1.82, 2.24) is 9.97 Å². The topological polar surface area (TPSA) is 90.4 Å². The van der Waals surface area contributed by atoms with Crippen molar-refractivity contribution in [2.45, 2.75) is 39.7 Å². The van der Waals surface area contributed by atoms with Crippen LogP contribution in [0.1, 0.15) is 52.4 Å². The molecule has 31 heavy (non-hydrogen) atoms. The van der Waals surface area contributed by atoms with E-state index in [4.69, 9.17) is 9.47 Å². The molecule has 0 saturated carbocycles. The molecule has 1 aromatic heterocycles. The van der Waals surface area contributed by atoms with Crippen LogP contribution in [0.3, 0.4) is 0 Å². The minimum atomic E-state index is -0.542. The molecule has 7 heteroatoms. The van der Waals surface area contributed by atoms with E-state index < -0.39 is 5.60 Å². The Bertz CT molecular complexity index is 1150. The fraction of sp³-hybridized carbons (Fsp3) is 0.250. The number of nitrogens with zero attached hydrogens (tertiary/aromatic N) is 2. The number of hydrogen-bond acceptors (Lipinski definition) is 6. The monoisotopic (exact) mass is 417 g/mol. The third-order valence-corrected chi connectivity index (χ3v) is 4.80. The van der Waals surface area contributed by atoms with Gasteiger partial charge in [0.15, 0.2) is 5.78 Å². The fourth-order valence-corrected chi connectivity index (χ4v) is 3.45. The molecular weight excluding hydrogens is 394 g/mol. The molecule has 0 atom stereocenters. The molecule has 158 valence electrons. The molecule has 1 aliphatic heterocycles. The van der Waals surface area contributed by atoms with Crippen molar-refractivity contribution in [2.75, 3.05) is 5.32 Å². The molecular formula is C24H23N3O4. The smallest absolute Gasteiger partial charge is 0.322 e. The molecule has 4 rings (SSSR count). The van der Waals surface area contributed by atoms with E-state index in [1.807, 2.05) is 33.8 Å². The number of nitrogens with one attached hydrogen (secondary N) is 1. The van der Waals surface area contributed by atoms with E-state index in [-0.39, 0.29) is 24.1 Å². The van der Waals surface area contributed by atoms with E-state index in [1.165, 1.54) is 0 Å². The van der Waals surface area contributed by atoms with Gasteiger partial charge in [-0.05, 0) is 76.2 Å². The summed E-state index contributed by atoms with van der Waals surface area (Å²) in [6, 6.07) is 14.0. The molecule has 0 unspecified atom stereocenters. The molecule has 0 bridgehead atoms. The second kappa shape index (κ2) is 7.83. The maximum absolute atomic E-state index is 12.7.